The lowest BCUT2D eigenvalue weighted by molar-refractivity contribution is 0.333. The van der Waals surface area contributed by atoms with Gasteiger partial charge in [0.05, 0.1) is 11.4 Å². The van der Waals surface area contributed by atoms with Crippen LogP contribution in [-0.4, -0.2) is 42.6 Å². The van der Waals surface area contributed by atoms with Crippen molar-refractivity contribution in [2.45, 2.75) is 43.7 Å². The van der Waals surface area contributed by atoms with E-state index < -0.39 is 10.0 Å². The second-order valence-corrected chi connectivity index (χ2v) is 7.39. The highest BCUT2D eigenvalue weighted by molar-refractivity contribution is 7.89. The first-order chi connectivity index (χ1) is 9.04. The van der Waals surface area contributed by atoms with Crippen LogP contribution < -0.4 is 5.32 Å². The molecule has 0 radical (unpaired) electrons. The van der Waals surface area contributed by atoms with Crippen LogP contribution in [0.3, 0.4) is 0 Å². The second-order valence-electron chi connectivity index (χ2n) is 5.56. The van der Waals surface area contributed by atoms with Gasteiger partial charge in [-0.25, -0.2) is 8.42 Å². The topological polar surface area (TPSA) is 78.1 Å². The first-order valence-electron chi connectivity index (χ1n) is 6.74. The summed E-state index contributed by atoms with van der Waals surface area (Å²) in [7, 11) is -1.62. The average Bonchev–Trinajstić information content (AvgIpc) is 3.05. The molecule has 2 heterocycles. The number of aromatic nitrogens is 2. The van der Waals surface area contributed by atoms with E-state index in [9.17, 15) is 8.42 Å². The molecule has 2 unspecified atom stereocenters. The molecule has 0 spiro atoms. The number of rotatable bonds is 4. The lowest BCUT2D eigenvalue weighted by atomic mass is 10.1. The largest absolute Gasteiger partial charge is 0.314 e. The highest BCUT2D eigenvalue weighted by atomic mass is 32.2. The SMILES string of the molecule is CNCc1n[nH]c(C)c1S(=O)(=O)N1CC2CCC1C2. The van der Waals surface area contributed by atoms with E-state index in [1.54, 1.807) is 18.3 Å². The average molecular weight is 284 g/mol. The minimum Gasteiger partial charge on any atom is -0.314 e. The van der Waals surface area contributed by atoms with Crippen molar-refractivity contribution in [3.8, 4) is 0 Å². The summed E-state index contributed by atoms with van der Waals surface area (Å²) in [6.45, 7) is 2.91. The van der Waals surface area contributed by atoms with E-state index in [1.807, 2.05) is 0 Å². The number of piperidine rings is 1. The lowest BCUT2D eigenvalue weighted by Crippen LogP contribution is -2.38. The third kappa shape index (κ3) is 2.00. The summed E-state index contributed by atoms with van der Waals surface area (Å²) in [4.78, 5) is 0.370. The minimum atomic E-state index is -3.41. The summed E-state index contributed by atoms with van der Waals surface area (Å²) in [5, 5.41) is 9.88. The molecule has 0 amide bonds. The maximum Gasteiger partial charge on any atom is 0.247 e. The number of sulfonamides is 1. The fourth-order valence-corrected chi connectivity index (χ4v) is 5.46. The van der Waals surface area contributed by atoms with Crippen molar-refractivity contribution in [1.29, 1.82) is 0 Å². The molecule has 1 saturated heterocycles. The van der Waals surface area contributed by atoms with Crippen LogP contribution in [0.4, 0.5) is 0 Å². The summed E-state index contributed by atoms with van der Waals surface area (Å²) < 4.78 is 27.4. The van der Waals surface area contributed by atoms with Gasteiger partial charge in [-0.05, 0) is 39.2 Å². The van der Waals surface area contributed by atoms with Gasteiger partial charge >= 0.3 is 0 Å². The molecule has 1 aromatic rings. The van der Waals surface area contributed by atoms with Crippen LogP contribution in [-0.2, 0) is 16.6 Å². The molecule has 7 heteroatoms. The van der Waals surface area contributed by atoms with Crippen LogP contribution in [0.1, 0.15) is 30.7 Å². The molecule has 2 fully saturated rings. The Bertz CT molecular complexity index is 581. The normalized spacial score (nSPS) is 27.3. The minimum absolute atomic E-state index is 0.201. The zero-order valence-electron chi connectivity index (χ0n) is 11.3. The van der Waals surface area contributed by atoms with E-state index in [-0.39, 0.29) is 6.04 Å². The van der Waals surface area contributed by atoms with Gasteiger partial charge in [0.1, 0.15) is 4.90 Å². The predicted molar refractivity (Wildman–Crippen MR) is 71.1 cm³/mol. The maximum absolute atomic E-state index is 12.8. The van der Waals surface area contributed by atoms with Crippen LogP contribution >= 0.6 is 0 Å². The second kappa shape index (κ2) is 4.57. The molecule has 2 aliphatic rings. The monoisotopic (exact) mass is 284 g/mol. The molecule has 3 rings (SSSR count). The molecule has 2 bridgehead atoms. The van der Waals surface area contributed by atoms with E-state index in [0.29, 0.717) is 35.3 Å². The standard InChI is InChI=1S/C12H20N4O2S/c1-8-12(11(6-13-2)15-14-8)19(17,18)16-7-9-3-4-10(16)5-9/h9-10,13H,3-7H2,1-2H3,(H,14,15). The zero-order valence-corrected chi connectivity index (χ0v) is 12.1. The molecule has 2 N–H and O–H groups in total. The van der Waals surface area contributed by atoms with Gasteiger partial charge in [-0.2, -0.15) is 9.40 Å². The van der Waals surface area contributed by atoms with Gasteiger partial charge in [0.15, 0.2) is 0 Å². The molecule has 0 aromatic carbocycles. The van der Waals surface area contributed by atoms with Gasteiger partial charge in [-0.3, -0.25) is 5.10 Å². The van der Waals surface area contributed by atoms with Gasteiger partial charge < -0.3 is 5.32 Å². The van der Waals surface area contributed by atoms with Gasteiger partial charge in [0.25, 0.3) is 0 Å². The van der Waals surface area contributed by atoms with E-state index in [4.69, 9.17) is 0 Å². The van der Waals surface area contributed by atoms with Gasteiger partial charge in [-0.15, -0.1) is 0 Å². The zero-order chi connectivity index (χ0) is 13.6. The Balaban J connectivity index is 1.98. The number of aryl methyl sites for hydroxylation is 1. The van der Waals surface area contributed by atoms with E-state index in [1.165, 1.54) is 6.42 Å². The summed E-state index contributed by atoms with van der Waals surface area (Å²) in [5.41, 5.74) is 1.22. The van der Waals surface area contributed by atoms with Crippen LogP contribution in [0.2, 0.25) is 0 Å². The van der Waals surface area contributed by atoms with Crippen LogP contribution in [0, 0.1) is 12.8 Å². The van der Waals surface area contributed by atoms with Crippen molar-refractivity contribution in [1.82, 2.24) is 19.8 Å². The molecule has 1 saturated carbocycles. The van der Waals surface area contributed by atoms with Crippen molar-refractivity contribution in [2.24, 2.45) is 5.92 Å². The Hall–Kier alpha value is -0.920. The molecule has 1 aromatic heterocycles. The van der Waals surface area contributed by atoms with Crippen LogP contribution in [0.15, 0.2) is 4.90 Å². The third-order valence-corrected chi connectivity index (χ3v) is 6.35. The first-order valence-corrected chi connectivity index (χ1v) is 8.18. The molecular weight excluding hydrogens is 264 g/mol. The smallest absolute Gasteiger partial charge is 0.247 e. The highest BCUT2D eigenvalue weighted by Gasteiger charge is 2.45. The van der Waals surface area contributed by atoms with E-state index >= 15 is 0 Å². The Morgan fingerprint density at radius 2 is 2.26 bits per heavy atom. The predicted octanol–water partition coefficient (Wildman–Crippen LogP) is 0.611. The Kier molecular flexibility index (Phi) is 3.15. The molecular formula is C12H20N4O2S. The number of H-pyrrole nitrogens is 1. The van der Waals surface area contributed by atoms with Gasteiger partial charge in [0.2, 0.25) is 10.0 Å². The van der Waals surface area contributed by atoms with Gasteiger partial charge in [0, 0.05) is 19.1 Å². The first kappa shape index (κ1) is 13.1. The maximum atomic E-state index is 12.8. The van der Waals surface area contributed by atoms with Gasteiger partial charge in [-0.1, -0.05) is 0 Å². The van der Waals surface area contributed by atoms with Crippen LogP contribution in [0.25, 0.3) is 0 Å². The van der Waals surface area contributed by atoms with E-state index in [2.05, 4.69) is 15.5 Å². The van der Waals surface area contributed by atoms with E-state index in [0.717, 1.165) is 12.8 Å². The molecule has 1 aliphatic carbocycles. The third-order valence-electron chi connectivity index (χ3n) is 4.23. The number of hydrogen-bond acceptors (Lipinski definition) is 4. The molecule has 2 atom stereocenters. The molecule has 6 nitrogen and oxygen atoms in total. The molecule has 19 heavy (non-hydrogen) atoms. The highest BCUT2D eigenvalue weighted by Crippen LogP contribution is 2.41. The van der Waals surface area contributed by atoms with Crippen LogP contribution in [0.5, 0.6) is 0 Å². The van der Waals surface area contributed by atoms with Crippen molar-refractivity contribution in [3.63, 3.8) is 0 Å². The Morgan fingerprint density at radius 3 is 2.84 bits per heavy atom. The molecule has 1 aliphatic heterocycles. The fourth-order valence-electron chi connectivity index (χ4n) is 3.39. The summed E-state index contributed by atoms with van der Waals surface area (Å²) in [5.74, 6) is 0.555. The Labute approximate surface area is 113 Å². The quantitative estimate of drug-likeness (QED) is 0.849. The number of nitrogens with zero attached hydrogens (tertiary/aromatic N) is 2. The lowest BCUT2D eigenvalue weighted by Gasteiger charge is -2.26. The van der Waals surface area contributed by atoms with Crippen molar-refractivity contribution >= 4 is 10.0 Å². The number of nitrogens with one attached hydrogen (secondary N) is 2. The summed E-state index contributed by atoms with van der Waals surface area (Å²) in [6.07, 6.45) is 3.20. The van der Waals surface area contributed by atoms with Crippen molar-refractivity contribution in [3.05, 3.63) is 11.4 Å². The number of aromatic amines is 1. The summed E-state index contributed by atoms with van der Waals surface area (Å²) in [6, 6.07) is 0.201. The fraction of sp³-hybridized carbons (Fsp3) is 0.750. The number of fused-ring (bicyclic) bond motifs is 2. The number of hydrogen-bond donors (Lipinski definition) is 2. The Morgan fingerprint density at radius 1 is 1.47 bits per heavy atom. The summed E-state index contributed by atoms with van der Waals surface area (Å²) >= 11 is 0. The molecule has 106 valence electrons. The van der Waals surface area contributed by atoms with Crippen molar-refractivity contribution < 1.29 is 8.42 Å². The van der Waals surface area contributed by atoms with Crippen molar-refractivity contribution in [2.75, 3.05) is 13.6 Å².